The third kappa shape index (κ3) is 4.32. The number of hydrogen-bond donors (Lipinski definition) is 0. The molecule has 0 saturated heterocycles. The zero-order valence-electron chi connectivity index (χ0n) is 11.9. The summed E-state index contributed by atoms with van der Waals surface area (Å²) in [6.45, 7) is 0. The number of carbonyl (C=O) groups excluding carboxylic acids is 1. The highest BCUT2D eigenvalue weighted by Gasteiger charge is 2.34. The van der Waals surface area contributed by atoms with Gasteiger partial charge in [0, 0.05) is 22.6 Å². The van der Waals surface area contributed by atoms with Crippen molar-refractivity contribution in [3.63, 3.8) is 0 Å². The fourth-order valence-electron chi connectivity index (χ4n) is 2.25. The van der Waals surface area contributed by atoms with Gasteiger partial charge < -0.3 is 0 Å². The molecular formula is C17H13ClF4O. The van der Waals surface area contributed by atoms with Crippen LogP contribution in [0.25, 0.3) is 0 Å². The molecule has 1 unspecified atom stereocenters. The molecule has 2 rings (SSSR count). The molecule has 0 bridgehead atoms. The summed E-state index contributed by atoms with van der Waals surface area (Å²) >= 11 is 5.86. The van der Waals surface area contributed by atoms with Gasteiger partial charge in [-0.25, -0.2) is 4.39 Å². The summed E-state index contributed by atoms with van der Waals surface area (Å²) in [7, 11) is 0. The molecule has 1 nitrogen and oxygen atoms in total. The molecule has 2 aromatic carbocycles. The van der Waals surface area contributed by atoms with Gasteiger partial charge in [-0.15, -0.1) is 0 Å². The van der Waals surface area contributed by atoms with Gasteiger partial charge >= 0.3 is 6.18 Å². The maximum atomic E-state index is 14.1. The fourth-order valence-corrected chi connectivity index (χ4v) is 2.50. The fraction of sp³-hybridized carbons (Fsp3) is 0.235. The molecule has 0 heterocycles. The van der Waals surface area contributed by atoms with Gasteiger partial charge in [0.15, 0.2) is 5.78 Å². The molecule has 23 heavy (non-hydrogen) atoms. The van der Waals surface area contributed by atoms with Crippen molar-refractivity contribution < 1.29 is 22.4 Å². The maximum Gasteiger partial charge on any atom is 0.417 e. The number of benzene rings is 2. The van der Waals surface area contributed by atoms with Gasteiger partial charge in [-0.2, -0.15) is 13.2 Å². The summed E-state index contributed by atoms with van der Waals surface area (Å²) in [5.74, 6) is -0.743. The van der Waals surface area contributed by atoms with E-state index in [1.54, 1.807) is 12.1 Å². The van der Waals surface area contributed by atoms with Crippen LogP contribution in [0.5, 0.6) is 0 Å². The van der Waals surface area contributed by atoms with E-state index in [1.807, 2.05) is 0 Å². The first-order valence-electron chi connectivity index (χ1n) is 6.88. The molecule has 0 amide bonds. The molecule has 0 aromatic heterocycles. The number of ketones is 1. The van der Waals surface area contributed by atoms with Crippen LogP contribution >= 0.6 is 11.6 Å². The Morgan fingerprint density at radius 2 is 1.65 bits per heavy atom. The van der Waals surface area contributed by atoms with Gasteiger partial charge in [-0.05, 0) is 18.6 Å². The summed E-state index contributed by atoms with van der Waals surface area (Å²) in [4.78, 5) is 12.0. The number of carbonyl (C=O) groups is 1. The van der Waals surface area contributed by atoms with Crippen LogP contribution < -0.4 is 0 Å². The average Bonchev–Trinajstić information content (AvgIpc) is 2.52. The molecule has 6 heteroatoms. The predicted molar refractivity (Wildman–Crippen MR) is 80.3 cm³/mol. The lowest BCUT2D eigenvalue weighted by Gasteiger charge is -2.13. The van der Waals surface area contributed by atoms with E-state index in [4.69, 9.17) is 11.6 Å². The quantitative estimate of drug-likeness (QED) is 0.478. The Hall–Kier alpha value is -1.88. The summed E-state index contributed by atoms with van der Waals surface area (Å²) in [6.07, 6.45) is -6.69. The van der Waals surface area contributed by atoms with Crippen molar-refractivity contribution in [1.82, 2.24) is 0 Å². The Labute approximate surface area is 135 Å². The zero-order chi connectivity index (χ0) is 17.0. The minimum atomic E-state index is -4.62. The van der Waals surface area contributed by atoms with Gasteiger partial charge in [-0.1, -0.05) is 48.0 Å². The van der Waals surface area contributed by atoms with Gasteiger partial charge in [0.25, 0.3) is 0 Å². The third-order valence-corrected chi connectivity index (χ3v) is 3.74. The Morgan fingerprint density at radius 1 is 1.04 bits per heavy atom. The Kier molecular flexibility index (Phi) is 5.42. The van der Waals surface area contributed by atoms with Crippen molar-refractivity contribution in [2.45, 2.75) is 25.2 Å². The minimum absolute atomic E-state index is 0.225. The first-order chi connectivity index (χ1) is 10.8. The molecule has 0 aliphatic rings. The van der Waals surface area contributed by atoms with Gasteiger partial charge in [0.2, 0.25) is 0 Å². The van der Waals surface area contributed by atoms with Crippen LogP contribution in [0.2, 0.25) is 5.02 Å². The Bertz CT molecular complexity index is 697. The number of Topliss-reactive ketones (excluding diaryl/α,β-unsaturated/α-hetero) is 1. The molecule has 0 aliphatic carbocycles. The van der Waals surface area contributed by atoms with Crippen LogP contribution in [0, 0.1) is 0 Å². The molecule has 2 aromatic rings. The summed E-state index contributed by atoms with van der Waals surface area (Å²) < 4.78 is 52.8. The van der Waals surface area contributed by atoms with Crippen LogP contribution in [0.15, 0.2) is 48.5 Å². The summed E-state index contributed by atoms with van der Waals surface area (Å²) in [5, 5.41) is 0.225. The normalized spacial score (nSPS) is 12.9. The smallest absolute Gasteiger partial charge is 0.294 e. The van der Waals surface area contributed by atoms with Crippen molar-refractivity contribution in [1.29, 1.82) is 0 Å². The largest absolute Gasteiger partial charge is 0.417 e. The third-order valence-electron chi connectivity index (χ3n) is 3.40. The maximum absolute atomic E-state index is 14.1. The number of rotatable bonds is 5. The van der Waals surface area contributed by atoms with Crippen molar-refractivity contribution in [3.05, 3.63) is 70.2 Å². The van der Waals surface area contributed by atoms with Crippen molar-refractivity contribution >= 4 is 17.4 Å². The summed E-state index contributed by atoms with van der Waals surface area (Å²) in [6, 6.07) is 10.8. The lowest BCUT2D eigenvalue weighted by molar-refractivity contribution is -0.137. The number of hydrogen-bond acceptors (Lipinski definition) is 1. The second-order valence-corrected chi connectivity index (χ2v) is 5.40. The lowest BCUT2D eigenvalue weighted by Crippen LogP contribution is -2.13. The summed E-state index contributed by atoms with van der Waals surface area (Å²) in [5.41, 5.74) is -1.21. The second-order valence-electron chi connectivity index (χ2n) is 4.99. The Morgan fingerprint density at radius 3 is 2.30 bits per heavy atom. The van der Waals surface area contributed by atoms with E-state index in [9.17, 15) is 22.4 Å². The van der Waals surface area contributed by atoms with E-state index in [-0.39, 0.29) is 23.4 Å². The van der Waals surface area contributed by atoms with Gasteiger partial charge in [-0.3, -0.25) is 4.79 Å². The van der Waals surface area contributed by atoms with Crippen molar-refractivity contribution in [2.24, 2.45) is 0 Å². The monoisotopic (exact) mass is 344 g/mol. The highest BCUT2D eigenvalue weighted by molar-refractivity contribution is 6.31. The van der Waals surface area contributed by atoms with Gasteiger partial charge in [0.1, 0.15) is 6.17 Å². The predicted octanol–water partition coefficient (Wildman–Crippen LogP) is 6.03. The van der Waals surface area contributed by atoms with Crippen LogP contribution in [0.4, 0.5) is 17.6 Å². The van der Waals surface area contributed by atoms with Crippen LogP contribution in [0.3, 0.4) is 0 Å². The first kappa shape index (κ1) is 17.5. The molecule has 0 saturated carbocycles. The van der Waals surface area contributed by atoms with E-state index in [2.05, 4.69) is 0 Å². The van der Waals surface area contributed by atoms with E-state index < -0.39 is 29.3 Å². The van der Waals surface area contributed by atoms with E-state index in [0.29, 0.717) is 0 Å². The molecular weight excluding hydrogens is 332 g/mol. The minimum Gasteiger partial charge on any atom is -0.294 e. The van der Waals surface area contributed by atoms with Crippen molar-refractivity contribution in [3.8, 4) is 0 Å². The molecule has 122 valence electrons. The number of alkyl halides is 4. The Balaban J connectivity index is 2.11. The highest BCUT2D eigenvalue weighted by Crippen LogP contribution is 2.34. The lowest BCUT2D eigenvalue weighted by atomic mass is 9.97. The molecule has 0 radical (unpaired) electrons. The van der Waals surface area contributed by atoms with Crippen LogP contribution in [0.1, 0.15) is 40.5 Å². The van der Waals surface area contributed by atoms with Crippen LogP contribution in [-0.4, -0.2) is 5.78 Å². The topological polar surface area (TPSA) is 17.1 Å². The van der Waals surface area contributed by atoms with Crippen LogP contribution in [-0.2, 0) is 6.18 Å². The molecule has 1 atom stereocenters. The van der Waals surface area contributed by atoms with E-state index in [0.717, 1.165) is 12.1 Å². The zero-order valence-corrected chi connectivity index (χ0v) is 12.7. The first-order valence-corrected chi connectivity index (χ1v) is 7.26. The SMILES string of the molecule is O=C(CCC(F)c1ccccc1Cl)c1ccccc1C(F)(F)F. The average molecular weight is 345 g/mol. The van der Waals surface area contributed by atoms with E-state index in [1.165, 1.54) is 24.3 Å². The number of halogens is 5. The molecule has 0 fully saturated rings. The van der Waals surface area contributed by atoms with E-state index >= 15 is 0 Å². The standard InChI is InChI=1S/C17H13ClF4O/c18-14-8-4-2-6-12(14)15(19)9-10-16(23)11-5-1-3-7-13(11)17(20,21)22/h1-8,15H,9-10H2. The second kappa shape index (κ2) is 7.13. The molecule has 0 aliphatic heterocycles. The molecule has 0 spiro atoms. The van der Waals surface area contributed by atoms with Crippen molar-refractivity contribution in [2.75, 3.05) is 0 Å². The van der Waals surface area contributed by atoms with Gasteiger partial charge in [0.05, 0.1) is 5.56 Å². The molecule has 0 N–H and O–H groups in total. The highest BCUT2D eigenvalue weighted by atomic mass is 35.5.